The van der Waals surface area contributed by atoms with E-state index in [1.54, 1.807) is 6.07 Å². The molecular weight excluding hydrogens is 270 g/mol. The highest BCUT2D eigenvalue weighted by Crippen LogP contribution is 2.25. The van der Waals surface area contributed by atoms with Crippen LogP contribution in [0.5, 0.6) is 0 Å². The molecule has 0 saturated carbocycles. The maximum atomic E-state index is 12.5. The van der Waals surface area contributed by atoms with Gasteiger partial charge in [-0.3, -0.25) is 4.79 Å². The van der Waals surface area contributed by atoms with Crippen LogP contribution in [0.3, 0.4) is 0 Å². The van der Waals surface area contributed by atoms with Crippen LogP contribution in [0.4, 0.5) is 8.78 Å². The van der Waals surface area contributed by atoms with Gasteiger partial charge in [0.15, 0.2) is 6.29 Å². The lowest BCUT2D eigenvalue weighted by Crippen LogP contribution is -2.03. The molecule has 1 aromatic rings. The van der Waals surface area contributed by atoms with Crippen molar-refractivity contribution in [2.24, 2.45) is 0 Å². The molecule has 3 nitrogen and oxygen atoms in total. The first-order valence-corrected chi connectivity index (χ1v) is 4.99. The van der Waals surface area contributed by atoms with Crippen molar-refractivity contribution in [1.29, 1.82) is 5.26 Å². The fourth-order valence-electron chi connectivity index (χ4n) is 1.11. The third-order valence-electron chi connectivity index (χ3n) is 1.73. The summed E-state index contributed by atoms with van der Waals surface area (Å²) in [7, 11) is 0. The van der Waals surface area contributed by atoms with E-state index in [2.05, 4.69) is 20.9 Å². The highest BCUT2D eigenvalue weighted by molar-refractivity contribution is 9.08. The van der Waals surface area contributed by atoms with Gasteiger partial charge in [0.1, 0.15) is 5.69 Å². The lowest BCUT2D eigenvalue weighted by molar-refractivity contribution is 0.110. The Balaban J connectivity index is 3.48. The minimum atomic E-state index is -2.88. The molecule has 0 fully saturated rings. The number of nitrogens with zero attached hydrogens (tertiary/aromatic N) is 2. The van der Waals surface area contributed by atoms with E-state index in [0.717, 1.165) is 0 Å². The molecule has 1 aromatic heterocycles. The minimum Gasteiger partial charge on any atom is -0.296 e. The normalized spacial score (nSPS) is 10.1. The molecular formula is C9H5BrF2N2O. The van der Waals surface area contributed by atoms with Crippen molar-refractivity contribution in [3.05, 3.63) is 28.6 Å². The number of nitriles is 1. The van der Waals surface area contributed by atoms with Crippen LogP contribution in [0.2, 0.25) is 0 Å². The van der Waals surface area contributed by atoms with Crippen molar-refractivity contribution in [3.8, 4) is 6.07 Å². The molecule has 0 radical (unpaired) electrons. The number of aromatic nitrogens is 1. The summed E-state index contributed by atoms with van der Waals surface area (Å²) in [6.07, 6.45) is -2.65. The van der Waals surface area contributed by atoms with Gasteiger partial charge < -0.3 is 0 Å². The molecule has 1 rings (SSSR count). The number of hydrogen-bond acceptors (Lipinski definition) is 3. The summed E-state index contributed by atoms with van der Waals surface area (Å²) in [5, 5.41) is 8.96. The number of carbonyl (C=O) groups is 1. The van der Waals surface area contributed by atoms with Gasteiger partial charge in [0.05, 0.1) is 22.9 Å². The molecule has 0 amide bonds. The maximum Gasteiger partial charge on any atom is 0.267 e. The third kappa shape index (κ3) is 2.36. The van der Waals surface area contributed by atoms with Crippen LogP contribution < -0.4 is 0 Å². The smallest absolute Gasteiger partial charge is 0.267 e. The van der Waals surface area contributed by atoms with Gasteiger partial charge in [0.25, 0.3) is 6.43 Å². The van der Waals surface area contributed by atoms with Crippen molar-refractivity contribution in [3.63, 3.8) is 0 Å². The van der Waals surface area contributed by atoms with E-state index < -0.39 is 12.0 Å². The molecule has 0 aliphatic carbocycles. The van der Waals surface area contributed by atoms with E-state index in [1.165, 1.54) is 6.07 Å². The largest absolute Gasteiger partial charge is 0.296 e. The second-order valence-electron chi connectivity index (χ2n) is 2.62. The van der Waals surface area contributed by atoms with Crippen LogP contribution in [-0.4, -0.2) is 11.3 Å². The molecule has 0 saturated heterocycles. The average Bonchev–Trinajstić information content (AvgIpc) is 2.26. The van der Waals surface area contributed by atoms with Crippen LogP contribution in [0, 0.1) is 11.3 Å². The topological polar surface area (TPSA) is 53.8 Å². The van der Waals surface area contributed by atoms with Crippen molar-refractivity contribution < 1.29 is 13.6 Å². The Morgan fingerprint density at radius 2 is 2.33 bits per heavy atom. The zero-order valence-electron chi connectivity index (χ0n) is 7.38. The maximum absolute atomic E-state index is 12.5. The molecule has 6 heteroatoms. The Hall–Kier alpha value is -1.35. The summed E-state index contributed by atoms with van der Waals surface area (Å²) in [5.41, 5.74) is -0.815. The first-order chi connectivity index (χ1) is 7.13. The fraction of sp³-hybridized carbons (Fsp3) is 0.222. The van der Waals surface area contributed by atoms with Gasteiger partial charge in [-0.05, 0) is 6.07 Å². The number of halogens is 3. The Bertz CT molecular complexity index is 429. The van der Waals surface area contributed by atoms with Crippen LogP contribution in [0.25, 0.3) is 0 Å². The summed E-state index contributed by atoms with van der Waals surface area (Å²) in [6.45, 7) is 0. The van der Waals surface area contributed by atoms with Crippen LogP contribution in [-0.2, 0) is 5.33 Å². The van der Waals surface area contributed by atoms with Gasteiger partial charge in [-0.25, -0.2) is 13.8 Å². The standard InChI is InChI=1S/C9H5BrF2N2O/c10-2-6-1-5(3-13)8(9(11)12)7(4-15)14-6/h1,4,9H,2H2. The average molecular weight is 275 g/mol. The number of rotatable bonds is 3. The van der Waals surface area contributed by atoms with Gasteiger partial charge in [-0.2, -0.15) is 5.26 Å². The summed E-state index contributed by atoms with van der Waals surface area (Å²) >= 11 is 3.07. The quantitative estimate of drug-likeness (QED) is 0.629. The SMILES string of the molecule is N#Cc1cc(CBr)nc(C=O)c1C(F)F. The Morgan fingerprint density at radius 3 is 2.73 bits per heavy atom. The predicted octanol–water partition coefficient (Wildman–Crippen LogP) is 2.60. The number of aldehydes is 1. The van der Waals surface area contributed by atoms with Crippen molar-refractivity contribution >= 4 is 22.2 Å². The molecule has 0 unspecified atom stereocenters. The van der Waals surface area contributed by atoms with Crippen molar-refractivity contribution in [1.82, 2.24) is 4.98 Å². The van der Waals surface area contributed by atoms with E-state index in [1.807, 2.05) is 0 Å². The van der Waals surface area contributed by atoms with E-state index in [0.29, 0.717) is 11.0 Å². The van der Waals surface area contributed by atoms with E-state index in [9.17, 15) is 13.6 Å². The van der Waals surface area contributed by atoms with E-state index in [-0.39, 0.29) is 17.5 Å². The van der Waals surface area contributed by atoms with Gasteiger partial charge in [0.2, 0.25) is 0 Å². The molecule has 0 aliphatic rings. The highest BCUT2D eigenvalue weighted by atomic mass is 79.9. The summed E-state index contributed by atoms with van der Waals surface area (Å²) in [5.74, 6) is 0. The molecule has 15 heavy (non-hydrogen) atoms. The lowest BCUT2D eigenvalue weighted by Gasteiger charge is -2.06. The fourth-order valence-corrected chi connectivity index (χ4v) is 1.40. The summed E-state index contributed by atoms with van der Waals surface area (Å²) in [6, 6.07) is 2.87. The lowest BCUT2D eigenvalue weighted by atomic mass is 10.1. The Kier molecular flexibility index (Phi) is 3.86. The van der Waals surface area contributed by atoms with E-state index >= 15 is 0 Å². The predicted molar refractivity (Wildman–Crippen MR) is 51.9 cm³/mol. The zero-order chi connectivity index (χ0) is 11.4. The van der Waals surface area contributed by atoms with E-state index in [4.69, 9.17) is 5.26 Å². The molecule has 0 aliphatic heterocycles. The Labute approximate surface area is 92.9 Å². The van der Waals surface area contributed by atoms with Crippen molar-refractivity contribution in [2.75, 3.05) is 0 Å². The summed E-state index contributed by atoms with van der Waals surface area (Å²) in [4.78, 5) is 14.2. The highest BCUT2D eigenvalue weighted by Gasteiger charge is 2.20. The second-order valence-corrected chi connectivity index (χ2v) is 3.18. The van der Waals surface area contributed by atoms with Crippen molar-refractivity contribution in [2.45, 2.75) is 11.8 Å². The molecule has 0 bridgehead atoms. The number of alkyl halides is 3. The van der Waals surface area contributed by atoms with Gasteiger partial charge in [-0.15, -0.1) is 0 Å². The molecule has 78 valence electrons. The molecule has 0 atom stereocenters. The minimum absolute atomic E-state index is 0.212. The molecule has 0 N–H and O–H groups in total. The molecule has 0 spiro atoms. The third-order valence-corrected chi connectivity index (χ3v) is 2.30. The monoisotopic (exact) mass is 274 g/mol. The van der Waals surface area contributed by atoms with Gasteiger partial charge in [0, 0.05) is 5.33 Å². The molecule has 1 heterocycles. The first kappa shape index (κ1) is 11.7. The van der Waals surface area contributed by atoms with Crippen LogP contribution in [0.1, 0.15) is 33.7 Å². The van der Waals surface area contributed by atoms with Gasteiger partial charge >= 0.3 is 0 Å². The van der Waals surface area contributed by atoms with Crippen LogP contribution in [0.15, 0.2) is 6.07 Å². The summed E-state index contributed by atoms with van der Waals surface area (Å²) < 4.78 is 25.1. The van der Waals surface area contributed by atoms with Gasteiger partial charge in [-0.1, -0.05) is 15.9 Å². The number of hydrogen-bond donors (Lipinski definition) is 0. The Morgan fingerprint density at radius 1 is 1.67 bits per heavy atom. The molecule has 0 aromatic carbocycles. The number of pyridine rings is 1. The van der Waals surface area contributed by atoms with Crippen LogP contribution >= 0.6 is 15.9 Å². The first-order valence-electron chi connectivity index (χ1n) is 3.87. The zero-order valence-corrected chi connectivity index (χ0v) is 8.96. The second kappa shape index (κ2) is 4.94. The number of carbonyl (C=O) groups excluding carboxylic acids is 1.